The van der Waals surface area contributed by atoms with E-state index in [1.807, 2.05) is 4.90 Å². The van der Waals surface area contributed by atoms with Gasteiger partial charge in [0.25, 0.3) is 0 Å². The molecule has 0 radical (unpaired) electrons. The van der Waals surface area contributed by atoms with E-state index in [4.69, 9.17) is 4.74 Å². The summed E-state index contributed by atoms with van der Waals surface area (Å²) >= 11 is 0. The average molecular weight is 349 g/mol. The van der Waals surface area contributed by atoms with Crippen LogP contribution < -0.4 is 10.6 Å². The number of fused-ring (bicyclic) bond motifs is 2. The van der Waals surface area contributed by atoms with Gasteiger partial charge in [-0.3, -0.25) is 4.79 Å². The van der Waals surface area contributed by atoms with Crippen molar-refractivity contribution in [1.29, 1.82) is 0 Å². The Kier molecular flexibility index (Phi) is 5.15. The summed E-state index contributed by atoms with van der Waals surface area (Å²) in [5, 5.41) is 6.26. The lowest BCUT2D eigenvalue weighted by atomic mass is 9.89. The molecular weight excluding hydrogens is 318 g/mol. The molecule has 140 valence electrons. The molecule has 2 bridgehead atoms. The van der Waals surface area contributed by atoms with Crippen LogP contribution in [-0.4, -0.2) is 54.7 Å². The molecule has 0 unspecified atom stereocenters. The maximum atomic E-state index is 12.5. The van der Waals surface area contributed by atoms with Crippen LogP contribution >= 0.6 is 0 Å². The first-order chi connectivity index (χ1) is 12.2. The van der Waals surface area contributed by atoms with Crippen LogP contribution in [0.1, 0.15) is 57.8 Å². The summed E-state index contributed by atoms with van der Waals surface area (Å²) in [4.78, 5) is 26.9. The standard InChI is InChI=1S/C19H31N3O3/c23-18(21-14-7-4-8-14)16-9-15-11-22(12-17(16)25-15)19(24)20-10-13-5-2-1-3-6-13/h13-17H,1-12H2,(H,20,24)(H,21,23)/t15-,16+,17-/m0/s1. The molecule has 0 aromatic heterocycles. The summed E-state index contributed by atoms with van der Waals surface area (Å²) in [7, 11) is 0. The van der Waals surface area contributed by atoms with Gasteiger partial charge in [0.2, 0.25) is 5.91 Å². The normalized spacial score (nSPS) is 33.0. The molecule has 2 N–H and O–H groups in total. The molecule has 6 heteroatoms. The minimum Gasteiger partial charge on any atom is -0.370 e. The zero-order chi connectivity index (χ0) is 17.2. The van der Waals surface area contributed by atoms with E-state index >= 15 is 0 Å². The van der Waals surface area contributed by atoms with Crippen molar-refractivity contribution in [3.05, 3.63) is 0 Å². The summed E-state index contributed by atoms with van der Waals surface area (Å²) in [6.07, 6.45) is 10.4. The minimum absolute atomic E-state index is 0.0105. The number of amides is 3. The summed E-state index contributed by atoms with van der Waals surface area (Å²) in [6.45, 7) is 1.94. The number of nitrogens with zero attached hydrogens (tertiary/aromatic N) is 1. The lowest BCUT2D eigenvalue weighted by Crippen LogP contribution is -2.52. The quantitative estimate of drug-likeness (QED) is 0.816. The van der Waals surface area contributed by atoms with Crippen LogP contribution in [0.2, 0.25) is 0 Å². The fraction of sp³-hybridized carbons (Fsp3) is 0.895. The van der Waals surface area contributed by atoms with Crippen molar-refractivity contribution in [2.45, 2.75) is 76.0 Å². The van der Waals surface area contributed by atoms with Crippen LogP contribution in [0.15, 0.2) is 0 Å². The Morgan fingerprint density at radius 2 is 1.80 bits per heavy atom. The highest BCUT2D eigenvalue weighted by Gasteiger charge is 2.46. The van der Waals surface area contributed by atoms with Gasteiger partial charge in [0.15, 0.2) is 0 Å². The zero-order valence-electron chi connectivity index (χ0n) is 15.0. The van der Waals surface area contributed by atoms with Gasteiger partial charge in [-0.1, -0.05) is 19.3 Å². The average Bonchev–Trinajstić information content (AvgIpc) is 2.90. The number of rotatable bonds is 4. The zero-order valence-corrected chi connectivity index (χ0v) is 15.0. The fourth-order valence-corrected chi connectivity index (χ4v) is 4.70. The van der Waals surface area contributed by atoms with E-state index in [0.717, 1.165) is 25.8 Å². The van der Waals surface area contributed by atoms with Gasteiger partial charge >= 0.3 is 6.03 Å². The molecule has 2 aliphatic carbocycles. The second-order valence-electron chi connectivity index (χ2n) is 8.37. The van der Waals surface area contributed by atoms with Gasteiger partial charge in [-0.25, -0.2) is 4.79 Å². The smallest absolute Gasteiger partial charge is 0.317 e. The Morgan fingerprint density at radius 1 is 1.00 bits per heavy atom. The largest absolute Gasteiger partial charge is 0.370 e. The number of hydrogen-bond acceptors (Lipinski definition) is 3. The molecule has 0 spiro atoms. The van der Waals surface area contributed by atoms with E-state index in [0.29, 0.717) is 25.0 Å². The lowest BCUT2D eigenvalue weighted by molar-refractivity contribution is -0.128. The third kappa shape index (κ3) is 3.94. The van der Waals surface area contributed by atoms with Gasteiger partial charge in [0, 0.05) is 25.7 Å². The number of hydrogen-bond donors (Lipinski definition) is 2. The Morgan fingerprint density at radius 3 is 2.52 bits per heavy atom. The molecule has 3 atom stereocenters. The van der Waals surface area contributed by atoms with Crippen molar-refractivity contribution in [2.75, 3.05) is 19.6 Å². The predicted octanol–water partition coefficient (Wildman–Crippen LogP) is 2.03. The lowest BCUT2D eigenvalue weighted by Gasteiger charge is -2.34. The highest BCUT2D eigenvalue weighted by atomic mass is 16.5. The molecule has 2 aliphatic heterocycles. The molecule has 3 amide bonds. The topological polar surface area (TPSA) is 70.7 Å². The molecule has 4 fully saturated rings. The molecule has 2 saturated carbocycles. The van der Waals surface area contributed by atoms with Crippen LogP contribution in [0.4, 0.5) is 4.79 Å². The van der Waals surface area contributed by atoms with Crippen LogP contribution in [0.25, 0.3) is 0 Å². The van der Waals surface area contributed by atoms with Crippen molar-refractivity contribution in [2.24, 2.45) is 11.8 Å². The van der Waals surface area contributed by atoms with E-state index in [1.54, 1.807) is 0 Å². The Balaban J connectivity index is 1.26. The van der Waals surface area contributed by atoms with Crippen molar-refractivity contribution in [3.63, 3.8) is 0 Å². The highest BCUT2D eigenvalue weighted by Crippen LogP contribution is 2.33. The highest BCUT2D eigenvalue weighted by molar-refractivity contribution is 5.80. The van der Waals surface area contributed by atoms with Crippen molar-refractivity contribution in [1.82, 2.24) is 15.5 Å². The Labute approximate surface area is 150 Å². The third-order valence-corrected chi connectivity index (χ3v) is 6.50. The first kappa shape index (κ1) is 17.1. The van der Waals surface area contributed by atoms with Gasteiger partial charge in [-0.15, -0.1) is 0 Å². The molecule has 0 aromatic carbocycles. The molecule has 4 rings (SSSR count). The molecule has 4 aliphatic rings. The van der Waals surface area contributed by atoms with E-state index in [2.05, 4.69) is 10.6 Å². The second-order valence-corrected chi connectivity index (χ2v) is 8.37. The molecule has 0 aromatic rings. The van der Waals surface area contributed by atoms with Crippen LogP contribution in [0.3, 0.4) is 0 Å². The monoisotopic (exact) mass is 349 g/mol. The van der Waals surface area contributed by atoms with Crippen LogP contribution in [-0.2, 0) is 9.53 Å². The number of morpholine rings is 1. The first-order valence-electron chi connectivity index (χ1n) is 10.2. The first-order valence-corrected chi connectivity index (χ1v) is 10.2. The number of likely N-dealkylation sites (tertiary alicyclic amines) is 1. The summed E-state index contributed by atoms with van der Waals surface area (Å²) < 4.78 is 5.96. The van der Waals surface area contributed by atoms with Gasteiger partial charge in [-0.05, 0) is 44.4 Å². The molecule has 2 heterocycles. The Hall–Kier alpha value is -1.30. The summed E-state index contributed by atoms with van der Waals surface area (Å²) in [5.74, 6) is 0.667. The minimum atomic E-state index is -0.140. The number of urea groups is 1. The number of ether oxygens (including phenoxy) is 1. The van der Waals surface area contributed by atoms with Gasteiger partial charge < -0.3 is 20.3 Å². The predicted molar refractivity (Wildman–Crippen MR) is 94.1 cm³/mol. The summed E-state index contributed by atoms with van der Waals surface area (Å²) in [5.41, 5.74) is 0. The van der Waals surface area contributed by atoms with Crippen molar-refractivity contribution >= 4 is 11.9 Å². The van der Waals surface area contributed by atoms with Gasteiger partial charge in [-0.2, -0.15) is 0 Å². The molecule has 25 heavy (non-hydrogen) atoms. The van der Waals surface area contributed by atoms with E-state index in [9.17, 15) is 9.59 Å². The number of nitrogens with one attached hydrogen (secondary N) is 2. The van der Waals surface area contributed by atoms with Crippen LogP contribution in [0, 0.1) is 11.8 Å². The SMILES string of the molecule is O=C(NC1CCC1)[C@@H]1C[C@H]2CN(C(=O)NCC3CCCCC3)C[C@@H]1O2. The second kappa shape index (κ2) is 7.52. The maximum absolute atomic E-state index is 12.5. The molecule has 6 nitrogen and oxygen atoms in total. The summed E-state index contributed by atoms with van der Waals surface area (Å²) in [6, 6.07) is 0.381. The molecule has 2 saturated heterocycles. The third-order valence-electron chi connectivity index (χ3n) is 6.50. The van der Waals surface area contributed by atoms with E-state index in [1.165, 1.54) is 38.5 Å². The van der Waals surface area contributed by atoms with Gasteiger partial charge in [0.1, 0.15) is 0 Å². The van der Waals surface area contributed by atoms with Crippen molar-refractivity contribution < 1.29 is 14.3 Å². The van der Waals surface area contributed by atoms with Crippen LogP contribution in [0.5, 0.6) is 0 Å². The van der Waals surface area contributed by atoms with E-state index in [-0.39, 0.29) is 30.1 Å². The molecular formula is C19H31N3O3. The van der Waals surface area contributed by atoms with E-state index < -0.39 is 0 Å². The Bertz CT molecular complexity index is 502. The number of carbonyl (C=O) groups excluding carboxylic acids is 2. The number of carbonyl (C=O) groups is 2. The maximum Gasteiger partial charge on any atom is 0.317 e. The van der Waals surface area contributed by atoms with Gasteiger partial charge in [0.05, 0.1) is 18.1 Å². The van der Waals surface area contributed by atoms with Crippen molar-refractivity contribution in [3.8, 4) is 0 Å². The fourth-order valence-electron chi connectivity index (χ4n) is 4.70.